The minimum Gasteiger partial charge on any atom is -0.276 e. The second-order valence-electron chi connectivity index (χ2n) is 4.28. The molecule has 0 aliphatic heterocycles. The summed E-state index contributed by atoms with van der Waals surface area (Å²) in [6.07, 6.45) is 0. The highest BCUT2D eigenvalue weighted by molar-refractivity contribution is 6.68. The van der Waals surface area contributed by atoms with Crippen LogP contribution in [0.5, 0.6) is 0 Å². The number of hydrogen-bond donors (Lipinski definition) is 0. The molecule has 0 radical (unpaired) electrons. The van der Waals surface area contributed by atoms with Gasteiger partial charge in [-0.2, -0.15) is 0 Å². The van der Waals surface area contributed by atoms with Crippen LogP contribution in [-0.4, -0.2) is 5.24 Å². The molecule has 0 aromatic heterocycles. The van der Waals surface area contributed by atoms with Gasteiger partial charge in [0, 0.05) is 10.6 Å². The Bertz CT molecular complexity index is 601. The van der Waals surface area contributed by atoms with Crippen molar-refractivity contribution in [2.24, 2.45) is 0 Å². The standard InChI is InChI=1S/C15H12Cl2O/c1-9-7-10(2)14(13(8-9)15(17)18)11-3-5-12(16)6-4-11/h3-8H,1-2H3. The first-order valence-corrected chi connectivity index (χ1v) is 6.31. The highest BCUT2D eigenvalue weighted by Crippen LogP contribution is 2.30. The van der Waals surface area contributed by atoms with Crippen molar-refractivity contribution in [2.75, 3.05) is 0 Å². The number of halogens is 2. The summed E-state index contributed by atoms with van der Waals surface area (Å²) < 4.78 is 0. The van der Waals surface area contributed by atoms with Crippen molar-refractivity contribution >= 4 is 28.4 Å². The number of hydrogen-bond acceptors (Lipinski definition) is 1. The maximum atomic E-state index is 11.6. The van der Waals surface area contributed by atoms with E-state index in [4.69, 9.17) is 23.2 Å². The zero-order chi connectivity index (χ0) is 13.3. The summed E-state index contributed by atoms with van der Waals surface area (Å²) in [5.74, 6) is 0. The Morgan fingerprint density at radius 3 is 2.22 bits per heavy atom. The fraction of sp³-hybridized carbons (Fsp3) is 0.133. The van der Waals surface area contributed by atoms with E-state index in [1.807, 2.05) is 38.1 Å². The Kier molecular flexibility index (Phi) is 3.74. The van der Waals surface area contributed by atoms with Gasteiger partial charge in [0.2, 0.25) is 0 Å². The third-order valence-corrected chi connectivity index (χ3v) is 3.28. The first-order chi connectivity index (χ1) is 8.49. The second kappa shape index (κ2) is 5.13. The highest BCUT2D eigenvalue weighted by atomic mass is 35.5. The van der Waals surface area contributed by atoms with Gasteiger partial charge < -0.3 is 0 Å². The van der Waals surface area contributed by atoms with E-state index in [1.165, 1.54) is 0 Å². The monoisotopic (exact) mass is 278 g/mol. The van der Waals surface area contributed by atoms with E-state index in [0.717, 1.165) is 22.3 Å². The fourth-order valence-electron chi connectivity index (χ4n) is 2.12. The SMILES string of the molecule is Cc1cc(C)c(-c2ccc(Cl)cc2)c(C(=O)Cl)c1. The van der Waals surface area contributed by atoms with E-state index in [2.05, 4.69) is 0 Å². The zero-order valence-electron chi connectivity index (χ0n) is 10.1. The fourth-order valence-corrected chi connectivity index (χ4v) is 2.40. The molecule has 0 saturated heterocycles. The molecular formula is C15H12Cl2O. The summed E-state index contributed by atoms with van der Waals surface area (Å²) in [4.78, 5) is 11.6. The lowest BCUT2D eigenvalue weighted by molar-refractivity contribution is 0.108. The number of carbonyl (C=O) groups is 1. The molecule has 92 valence electrons. The van der Waals surface area contributed by atoms with Crippen LogP contribution >= 0.6 is 23.2 Å². The van der Waals surface area contributed by atoms with Crippen molar-refractivity contribution in [3.05, 3.63) is 58.1 Å². The van der Waals surface area contributed by atoms with Crippen LogP contribution in [0.2, 0.25) is 5.02 Å². The lowest BCUT2D eigenvalue weighted by atomic mass is 9.93. The number of benzene rings is 2. The molecule has 2 aromatic rings. The maximum absolute atomic E-state index is 11.6. The molecule has 2 rings (SSSR count). The molecule has 1 nitrogen and oxygen atoms in total. The number of rotatable bonds is 2. The predicted octanol–water partition coefficient (Wildman–Crippen LogP) is 5.00. The van der Waals surface area contributed by atoms with Crippen LogP contribution in [0, 0.1) is 13.8 Å². The van der Waals surface area contributed by atoms with E-state index < -0.39 is 5.24 Å². The van der Waals surface area contributed by atoms with Gasteiger partial charge in [0.1, 0.15) is 0 Å². The number of aryl methyl sites for hydroxylation is 2. The summed E-state index contributed by atoms with van der Waals surface area (Å²) in [6, 6.07) is 11.2. The van der Waals surface area contributed by atoms with Crippen molar-refractivity contribution in [1.82, 2.24) is 0 Å². The number of carbonyl (C=O) groups excluding carboxylic acids is 1. The van der Waals surface area contributed by atoms with E-state index >= 15 is 0 Å². The van der Waals surface area contributed by atoms with Crippen LogP contribution in [-0.2, 0) is 0 Å². The minimum atomic E-state index is -0.438. The Labute approximate surface area is 116 Å². The summed E-state index contributed by atoms with van der Waals surface area (Å²) in [5, 5.41) is 0.231. The molecule has 0 heterocycles. The molecule has 0 bridgehead atoms. The molecule has 0 aliphatic rings. The van der Waals surface area contributed by atoms with Gasteiger partial charge in [-0.25, -0.2) is 0 Å². The first kappa shape index (κ1) is 13.1. The molecule has 0 N–H and O–H groups in total. The second-order valence-corrected chi connectivity index (χ2v) is 5.06. The molecule has 0 amide bonds. The lowest BCUT2D eigenvalue weighted by Gasteiger charge is -2.12. The van der Waals surface area contributed by atoms with Crippen molar-refractivity contribution in [3.8, 4) is 11.1 Å². The van der Waals surface area contributed by atoms with Crippen LogP contribution in [0.3, 0.4) is 0 Å². The Morgan fingerprint density at radius 1 is 1.06 bits per heavy atom. The van der Waals surface area contributed by atoms with Crippen LogP contribution < -0.4 is 0 Å². The van der Waals surface area contributed by atoms with Gasteiger partial charge in [0.25, 0.3) is 5.24 Å². The van der Waals surface area contributed by atoms with Gasteiger partial charge in [-0.1, -0.05) is 35.4 Å². The van der Waals surface area contributed by atoms with Gasteiger partial charge >= 0.3 is 0 Å². The van der Waals surface area contributed by atoms with Crippen molar-refractivity contribution in [3.63, 3.8) is 0 Å². The van der Waals surface area contributed by atoms with Gasteiger partial charge in [-0.15, -0.1) is 0 Å². The maximum Gasteiger partial charge on any atom is 0.253 e. The van der Waals surface area contributed by atoms with Crippen molar-refractivity contribution < 1.29 is 4.79 Å². The average Bonchev–Trinajstić information content (AvgIpc) is 2.29. The van der Waals surface area contributed by atoms with Crippen LogP contribution in [0.4, 0.5) is 0 Å². The zero-order valence-corrected chi connectivity index (χ0v) is 11.6. The Balaban J connectivity index is 2.69. The lowest BCUT2D eigenvalue weighted by Crippen LogP contribution is -1.97. The van der Waals surface area contributed by atoms with Crippen LogP contribution in [0.1, 0.15) is 21.5 Å². The van der Waals surface area contributed by atoms with E-state index in [0.29, 0.717) is 10.6 Å². The van der Waals surface area contributed by atoms with E-state index in [9.17, 15) is 4.79 Å². The minimum absolute atomic E-state index is 0.438. The van der Waals surface area contributed by atoms with Crippen LogP contribution in [0.25, 0.3) is 11.1 Å². The topological polar surface area (TPSA) is 17.1 Å². The first-order valence-electron chi connectivity index (χ1n) is 5.56. The molecule has 0 saturated carbocycles. The third kappa shape index (κ3) is 2.58. The third-order valence-electron chi connectivity index (χ3n) is 2.82. The van der Waals surface area contributed by atoms with Crippen LogP contribution in [0.15, 0.2) is 36.4 Å². The quantitative estimate of drug-likeness (QED) is 0.707. The van der Waals surface area contributed by atoms with Gasteiger partial charge in [0.05, 0.1) is 0 Å². The van der Waals surface area contributed by atoms with Crippen molar-refractivity contribution in [1.29, 1.82) is 0 Å². The van der Waals surface area contributed by atoms with Gasteiger partial charge in [-0.3, -0.25) is 4.79 Å². The van der Waals surface area contributed by atoms with E-state index in [-0.39, 0.29) is 0 Å². The molecular weight excluding hydrogens is 267 g/mol. The Morgan fingerprint density at radius 2 is 1.67 bits per heavy atom. The summed E-state index contributed by atoms with van der Waals surface area (Å²) in [6.45, 7) is 3.92. The molecule has 0 aliphatic carbocycles. The Hall–Kier alpha value is -1.31. The van der Waals surface area contributed by atoms with E-state index in [1.54, 1.807) is 12.1 Å². The predicted molar refractivity (Wildman–Crippen MR) is 76.5 cm³/mol. The molecule has 18 heavy (non-hydrogen) atoms. The summed E-state index contributed by atoms with van der Waals surface area (Å²) in [7, 11) is 0. The van der Waals surface area contributed by atoms with Gasteiger partial charge in [-0.05, 0) is 60.3 Å². The summed E-state index contributed by atoms with van der Waals surface area (Å²) in [5.41, 5.74) is 4.41. The molecule has 0 atom stereocenters. The smallest absolute Gasteiger partial charge is 0.253 e. The van der Waals surface area contributed by atoms with Crippen molar-refractivity contribution in [2.45, 2.75) is 13.8 Å². The molecule has 0 unspecified atom stereocenters. The molecule has 0 fully saturated rings. The molecule has 2 aromatic carbocycles. The average molecular weight is 279 g/mol. The largest absolute Gasteiger partial charge is 0.276 e. The van der Waals surface area contributed by atoms with Gasteiger partial charge in [0.15, 0.2) is 0 Å². The highest BCUT2D eigenvalue weighted by Gasteiger charge is 2.14. The molecule has 3 heteroatoms. The summed E-state index contributed by atoms with van der Waals surface area (Å²) >= 11 is 11.5. The normalized spacial score (nSPS) is 10.4. The molecule has 0 spiro atoms.